The monoisotopic (exact) mass is 496 g/mol. The number of Topliss-reactive ketones (excluding diaryl/α,β-unsaturated/α-hetero) is 1. The van der Waals surface area contributed by atoms with Gasteiger partial charge in [-0.3, -0.25) is 9.59 Å². The number of hydrogen-bond donors (Lipinski definition) is 1. The molecule has 0 aliphatic carbocycles. The topological polar surface area (TPSA) is 72.1 Å². The molecule has 0 fully saturated rings. The second-order valence-electron chi connectivity index (χ2n) is 11.0. The average molecular weight is 497 g/mol. The lowest BCUT2D eigenvalue weighted by molar-refractivity contribution is -0.154. The maximum Gasteiger partial charge on any atom is 0.306 e. The fraction of sp³-hybridized carbons (Fsp3) is 0.344. The second-order valence-corrected chi connectivity index (χ2v) is 11.0. The van der Waals surface area contributed by atoms with Crippen LogP contribution in [0.4, 0.5) is 0 Å². The lowest BCUT2D eigenvalue weighted by Gasteiger charge is -2.19. The SMILES string of the molecule is Cc1ccc(CC(=O)c2ccc3nc(-c4c(C)cc(CCC(=O)OC(C)(C)C)cc4C)[nH]c3c2)cc1C. The summed E-state index contributed by atoms with van der Waals surface area (Å²) in [7, 11) is 0. The molecule has 0 saturated heterocycles. The van der Waals surface area contributed by atoms with Crippen LogP contribution in [-0.2, 0) is 22.4 Å². The minimum Gasteiger partial charge on any atom is -0.460 e. The number of aromatic nitrogens is 2. The third-order valence-electron chi connectivity index (χ3n) is 6.61. The highest BCUT2D eigenvalue weighted by Gasteiger charge is 2.18. The summed E-state index contributed by atoms with van der Waals surface area (Å²) in [5.74, 6) is 0.678. The van der Waals surface area contributed by atoms with Crippen LogP contribution in [-0.4, -0.2) is 27.3 Å². The number of carbonyl (C=O) groups excluding carboxylic acids is 2. The highest BCUT2D eigenvalue weighted by Crippen LogP contribution is 2.29. The van der Waals surface area contributed by atoms with Gasteiger partial charge in [0, 0.05) is 24.0 Å². The molecule has 0 atom stereocenters. The Morgan fingerprint density at radius 3 is 2.16 bits per heavy atom. The van der Waals surface area contributed by atoms with Crippen molar-refractivity contribution in [1.82, 2.24) is 9.97 Å². The molecule has 5 nitrogen and oxygen atoms in total. The van der Waals surface area contributed by atoms with E-state index in [0.29, 0.717) is 24.8 Å². The Kier molecular flexibility index (Phi) is 7.35. The van der Waals surface area contributed by atoms with E-state index in [1.807, 2.05) is 45.0 Å². The first-order chi connectivity index (χ1) is 17.4. The van der Waals surface area contributed by atoms with E-state index in [9.17, 15) is 9.59 Å². The number of carbonyl (C=O) groups is 2. The van der Waals surface area contributed by atoms with E-state index >= 15 is 0 Å². The van der Waals surface area contributed by atoms with Crippen molar-refractivity contribution >= 4 is 22.8 Å². The van der Waals surface area contributed by atoms with Gasteiger partial charge in [0.05, 0.1) is 11.0 Å². The molecule has 1 aromatic heterocycles. The standard InChI is InChI=1S/C32H36N2O3/c1-19-8-9-24(14-20(19)2)17-28(35)25-11-12-26-27(18-25)34-31(33-26)30-21(3)15-23(16-22(30)4)10-13-29(36)37-32(5,6)7/h8-9,11-12,14-16,18H,10,13,17H2,1-7H3,(H,33,34). The predicted octanol–water partition coefficient (Wildman–Crippen LogP) is 7.16. The van der Waals surface area contributed by atoms with E-state index in [0.717, 1.165) is 44.7 Å². The number of rotatable bonds is 7. The third kappa shape index (κ3) is 6.34. The molecule has 3 aromatic carbocycles. The third-order valence-corrected chi connectivity index (χ3v) is 6.61. The molecular formula is C32H36N2O3. The van der Waals surface area contributed by atoms with Crippen LogP contribution in [0.25, 0.3) is 22.4 Å². The summed E-state index contributed by atoms with van der Waals surface area (Å²) in [4.78, 5) is 33.4. The van der Waals surface area contributed by atoms with E-state index in [4.69, 9.17) is 9.72 Å². The highest BCUT2D eigenvalue weighted by molar-refractivity contribution is 6.00. The molecule has 37 heavy (non-hydrogen) atoms. The van der Waals surface area contributed by atoms with Crippen molar-refractivity contribution in [2.75, 3.05) is 0 Å². The van der Waals surface area contributed by atoms with E-state index in [1.165, 1.54) is 11.1 Å². The zero-order valence-corrected chi connectivity index (χ0v) is 22.9. The number of nitrogens with one attached hydrogen (secondary N) is 1. The van der Waals surface area contributed by atoms with E-state index in [-0.39, 0.29) is 11.8 Å². The Morgan fingerprint density at radius 2 is 1.51 bits per heavy atom. The normalized spacial score (nSPS) is 11.6. The van der Waals surface area contributed by atoms with Crippen molar-refractivity contribution in [3.8, 4) is 11.4 Å². The number of aromatic amines is 1. The van der Waals surface area contributed by atoms with Crippen molar-refractivity contribution in [2.45, 2.75) is 73.3 Å². The molecule has 0 saturated carbocycles. The van der Waals surface area contributed by atoms with Gasteiger partial charge in [-0.2, -0.15) is 0 Å². The molecule has 0 radical (unpaired) electrons. The van der Waals surface area contributed by atoms with Crippen LogP contribution in [0.1, 0.15) is 70.9 Å². The quantitative estimate of drug-likeness (QED) is 0.218. The Labute approximate surface area is 219 Å². The summed E-state index contributed by atoms with van der Waals surface area (Å²) in [5.41, 5.74) is 9.62. The van der Waals surface area contributed by atoms with Gasteiger partial charge < -0.3 is 9.72 Å². The lowest BCUT2D eigenvalue weighted by Crippen LogP contribution is -2.24. The number of benzene rings is 3. The van der Waals surface area contributed by atoms with Gasteiger partial charge in [-0.25, -0.2) is 4.98 Å². The first-order valence-corrected chi connectivity index (χ1v) is 12.8. The molecule has 4 aromatic rings. The number of aryl methyl sites for hydroxylation is 5. The van der Waals surface area contributed by atoms with Crippen LogP contribution in [0.3, 0.4) is 0 Å². The van der Waals surface area contributed by atoms with Gasteiger partial charge in [-0.05, 0) is 106 Å². The maximum absolute atomic E-state index is 13.0. The molecule has 1 heterocycles. The molecular weight excluding hydrogens is 460 g/mol. The number of H-pyrrole nitrogens is 1. The fourth-order valence-corrected chi connectivity index (χ4v) is 4.71. The second kappa shape index (κ2) is 10.3. The maximum atomic E-state index is 13.0. The van der Waals surface area contributed by atoms with Gasteiger partial charge in [-0.1, -0.05) is 30.3 Å². The first-order valence-electron chi connectivity index (χ1n) is 12.8. The van der Waals surface area contributed by atoms with Crippen LogP contribution in [0.15, 0.2) is 48.5 Å². The Bertz CT molecular complexity index is 1460. The predicted molar refractivity (Wildman–Crippen MR) is 149 cm³/mol. The van der Waals surface area contributed by atoms with Crippen LogP contribution < -0.4 is 0 Å². The summed E-state index contributed by atoms with van der Waals surface area (Å²) >= 11 is 0. The number of esters is 1. The Balaban J connectivity index is 1.53. The molecule has 4 rings (SSSR count). The van der Waals surface area contributed by atoms with Crippen molar-refractivity contribution in [3.05, 3.63) is 87.5 Å². The molecule has 5 heteroatoms. The smallest absolute Gasteiger partial charge is 0.306 e. The first kappa shape index (κ1) is 26.3. The Hall–Kier alpha value is -3.73. The number of ether oxygens (including phenoxy) is 1. The number of fused-ring (bicyclic) bond motifs is 1. The van der Waals surface area contributed by atoms with E-state index in [2.05, 4.69) is 56.9 Å². The van der Waals surface area contributed by atoms with Crippen molar-refractivity contribution in [3.63, 3.8) is 0 Å². The fourth-order valence-electron chi connectivity index (χ4n) is 4.71. The Morgan fingerprint density at radius 1 is 0.838 bits per heavy atom. The average Bonchev–Trinajstić information content (AvgIpc) is 3.21. The number of nitrogens with zero attached hydrogens (tertiary/aromatic N) is 1. The summed E-state index contributed by atoms with van der Waals surface area (Å²) in [6.45, 7) is 13.9. The molecule has 1 N–H and O–H groups in total. The van der Waals surface area contributed by atoms with Gasteiger partial charge in [-0.15, -0.1) is 0 Å². The van der Waals surface area contributed by atoms with E-state index < -0.39 is 5.60 Å². The zero-order valence-electron chi connectivity index (χ0n) is 22.9. The van der Waals surface area contributed by atoms with Crippen molar-refractivity contribution < 1.29 is 14.3 Å². The van der Waals surface area contributed by atoms with Crippen LogP contribution in [0.5, 0.6) is 0 Å². The summed E-state index contributed by atoms with van der Waals surface area (Å²) in [6.07, 6.45) is 1.35. The largest absolute Gasteiger partial charge is 0.460 e. The molecule has 0 bridgehead atoms. The number of hydrogen-bond acceptors (Lipinski definition) is 4. The number of ketones is 1. The highest BCUT2D eigenvalue weighted by atomic mass is 16.6. The summed E-state index contributed by atoms with van der Waals surface area (Å²) in [5, 5.41) is 0. The number of imidazole rings is 1. The lowest BCUT2D eigenvalue weighted by atomic mass is 9.96. The van der Waals surface area contributed by atoms with Crippen LogP contribution >= 0.6 is 0 Å². The van der Waals surface area contributed by atoms with Gasteiger partial charge in [0.25, 0.3) is 0 Å². The van der Waals surface area contributed by atoms with Crippen LogP contribution in [0.2, 0.25) is 0 Å². The molecule has 0 aliphatic heterocycles. The molecule has 0 spiro atoms. The molecule has 0 unspecified atom stereocenters. The minimum absolute atomic E-state index is 0.0861. The molecule has 0 amide bonds. The molecule has 0 aliphatic rings. The summed E-state index contributed by atoms with van der Waals surface area (Å²) < 4.78 is 5.44. The van der Waals surface area contributed by atoms with Gasteiger partial charge in [0.15, 0.2) is 5.78 Å². The van der Waals surface area contributed by atoms with Crippen molar-refractivity contribution in [1.29, 1.82) is 0 Å². The van der Waals surface area contributed by atoms with Gasteiger partial charge in [0.1, 0.15) is 11.4 Å². The van der Waals surface area contributed by atoms with Crippen molar-refractivity contribution in [2.24, 2.45) is 0 Å². The van der Waals surface area contributed by atoms with Gasteiger partial charge >= 0.3 is 5.97 Å². The minimum atomic E-state index is -0.474. The van der Waals surface area contributed by atoms with E-state index in [1.54, 1.807) is 0 Å². The van der Waals surface area contributed by atoms with Gasteiger partial charge in [0.2, 0.25) is 0 Å². The molecule has 192 valence electrons. The summed E-state index contributed by atoms with van der Waals surface area (Å²) in [6, 6.07) is 16.1. The van der Waals surface area contributed by atoms with Crippen LogP contribution in [0, 0.1) is 27.7 Å². The zero-order chi connectivity index (χ0) is 26.9.